The van der Waals surface area contributed by atoms with Crippen LogP contribution in [-0.4, -0.2) is 33.6 Å². The largest absolute Gasteiger partial charge is 0.358 e. The smallest absolute Gasteiger partial charge is 0.256 e. The molecule has 0 saturated heterocycles. The van der Waals surface area contributed by atoms with Gasteiger partial charge in [0.15, 0.2) is 0 Å². The molecule has 4 rings (SSSR count). The summed E-state index contributed by atoms with van der Waals surface area (Å²) in [5.74, 6) is -0.399. The molecule has 2 atom stereocenters. The van der Waals surface area contributed by atoms with Crippen molar-refractivity contribution >= 4 is 29.3 Å². The Balaban J connectivity index is 1.71. The van der Waals surface area contributed by atoms with Gasteiger partial charge in [-0.2, -0.15) is 0 Å². The summed E-state index contributed by atoms with van der Waals surface area (Å²) in [6, 6.07) is 6.44. The van der Waals surface area contributed by atoms with Crippen LogP contribution in [0.3, 0.4) is 0 Å². The number of benzene rings is 1. The van der Waals surface area contributed by atoms with Crippen molar-refractivity contribution in [2.45, 2.75) is 24.6 Å². The second kappa shape index (κ2) is 5.97. The third kappa shape index (κ3) is 2.47. The monoisotopic (exact) mass is 362 g/mol. The van der Waals surface area contributed by atoms with Crippen LogP contribution < -0.4 is 0 Å². The lowest BCUT2D eigenvalue weighted by molar-refractivity contribution is 0.0697. The maximum atomic E-state index is 14.2. The highest BCUT2D eigenvalue weighted by atomic mass is 35.5. The van der Waals surface area contributed by atoms with E-state index in [-0.39, 0.29) is 11.9 Å². The SMILES string of the molecule is CC1SC=CC1N1CCc2[nH]c(-c3c(F)cccc3Cl)cc2C1=O. The minimum absolute atomic E-state index is 0.00443. The van der Waals surface area contributed by atoms with Gasteiger partial charge in [-0.1, -0.05) is 30.7 Å². The van der Waals surface area contributed by atoms with Gasteiger partial charge in [-0.3, -0.25) is 4.79 Å². The van der Waals surface area contributed by atoms with Crippen molar-refractivity contribution in [2.24, 2.45) is 0 Å². The molecule has 24 heavy (non-hydrogen) atoms. The Labute approximate surface area is 148 Å². The number of halogens is 2. The first-order chi connectivity index (χ1) is 11.6. The molecule has 1 aromatic heterocycles. The molecule has 3 heterocycles. The first-order valence-electron chi connectivity index (χ1n) is 7.85. The zero-order chi connectivity index (χ0) is 16.8. The molecule has 0 aliphatic carbocycles. The van der Waals surface area contributed by atoms with Crippen LogP contribution in [0, 0.1) is 5.82 Å². The Morgan fingerprint density at radius 1 is 1.42 bits per heavy atom. The molecule has 1 N–H and O–H groups in total. The van der Waals surface area contributed by atoms with Crippen LogP contribution in [-0.2, 0) is 6.42 Å². The number of carbonyl (C=O) groups is 1. The van der Waals surface area contributed by atoms with E-state index in [0.717, 1.165) is 12.1 Å². The van der Waals surface area contributed by atoms with Crippen molar-refractivity contribution in [1.29, 1.82) is 0 Å². The van der Waals surface area contributed by atoms with Gasteiger partial charge in [0.2, 0.25) is 0 Å². The van der Waals surface area contributed by atoms with Gasteiger partial charge < -0.3 is 9.88 Å². The number of hydrogen-bond acceptors (Lipinski definition) is 2. The molecule has 6 heteroatoms. The van der Waals surface area contributed by atoms with Crippen LogP contribution in [0.1, 0.15) is 23.0 Å². The van der Waals surface area contributed by atoms with Crippen molar-refractivity contribution in [1.82, 2.24) is 9.88 Å². The fraction of sp³-hybridized carbons (Fsp3) is 0.278. The van der Waals surface area contributed by atoms with Gasteiger partial charge in [-0.05, 0) is 23.6 Å². The highest BCUT2D eigenvalue weighted by Crippen LogP contribution is 2.35. The Bertz CT molecular complexity index is 827. The number of amides is 1. The predicted octanol–water partition coefficient (Wildman–Crippen LogP) is 4.49. The fourth-order valence-electron chi connectivity index (χ4n) is 3.39. The molecular formula is C18H16ClFN2OS. The Hall–Kier alpha value is -1.72. The van der Waals surface area contributed by atoms with Crippen molar-refractivity contribution in [3.63, 3.8) is 0 Å². The van der Waals surface area contributed by atoms with Crippen LogP contribution in [0.2, 0.25) is 5.02 Å². The fourth-order valence-corrected chi connectivity index (χ4v) is 4.56. The number of aromatic nitrogens is 1. The Kier molecular flexibility index (Phi) is 3.93. The van der Waals surface area contributed by atoms with E-state index in [1.54, 1.807) is 30.0 Å². The number of hydrogen-bond donors (Lipinski definition) is 1. The highest BCUT2D eigenvalue weighted by Gasteiger charge is 2.34. The summed E-state index contributed by atoms with van der Waals surface area (Å²) in [4.78, 5) is 18.0. The number of rotatable bonds is 2. The van der Waals surface area contributed by atoms with Crippen molar-refractivity contribution in [3.05, 3.63) is 57.8 Å². The lowest BCUT2D eigenvalue weighted by Gasteiger charge is -2.33. The number of aromatic amines is 1. The van der Waals surface area contributed by atoms with Crippen molar-refractivity contribution in [2.75, 3.05) is 6.54 Å². The molecule has 2 unspecified atom stereocenters. The van der Waals surface area contributed by atoms with Gasteiger partial charge in [0.05, 0.1) is 27.9 Å². The van der Waals surface area contributed by atoms with Crippen LogP contribution >= 0.6 is 23.4 Å². The number of H-pyrrole nitrogens is 1. The number of thioether (sulfide) groups is 1. The number of nitrogens with one attached hydrogen (secondary N) is 1. The van der Waals surface area contributed by atoms with Crippen molar-refractivity contribution < 1.29 is 9.18 Å². The van der Waals surface area contributed by atoms with E-state index in [4.69, 9.17) is 11.6 Å². The number of nitrogens with zero attached hydrogens (tertiary/aromatic N) is 1. The number of fused-ring (bicyclic) bond motifs is 1. The molecule has 1 amide bonds. The molecule has 2 aliphatic heterocycles. The quantitative estimate of drug-likeness (QED) is 0.854. The second-order valence-corrected chi connectivity index (χ2v) is 7.78. The Morgan fingerprint density at radius 2 is 2.25 bits per heavy atom. The first kappa shape index (κ1) is 15.8. The second-order valence-electron chi connectivity index (χ2n) is 6.08. The molecule has 0 fully saturated rings. The summed E-state index contributed by atoms with van der Waals surface area (Å²) in [6.07, 6.45) is 2.81. The van der Waals surface area contributed by atoms with E-state index in [2.05, 4.69) is 23.4 Å². The summed E-state index contributed by atoms with van der Waals surface area (Å²) in [5.41, 5.74) is 2.35. The van der Waals surface area contributed by atoms with Gasteiger partial charge in [0, 0.05) is 23.9 Å². The standard InChI is InChI=1S/C18H16ClFN2OS/c1-10-16(6-8-24-10)22-7-5-14-11(18(22)23)9-15(21-14)17-12(19)3-2-4-13(17)20/h2-4,6,8-10,16,21H,5,7H2,1H3. The summed E-state index contributed by atoms with van der Waals surface area (Å²) in [6.45, 7) is 2.79. The molecule has 0 spiro atoms. The zero-order valence-electron chi connectivity index (χ0n) is 13.1. The molecular weight excluding hydrogens is 347 g/mol. The van der Waals surface area contributed by atoms with Gasteiger partial charge in [0.25, 0.3) is 5.91 Å². The third-order valence-corrected chi connectivity index (χ3v) is 5.97. The molecule has 0 saturated carbocycles. The summed E-state index contributed by atoms with van der Waals surface area (Å²) in [7, 11) is 0. The molecule has 2 aliphatic rings. The summed E-state index contributed by atoms with van der Waals surface area (Å²) >= 11 is 7.89. The normalized spacial score (nSPS) is 23.0. The minimum atomic E-state index is -0.394. The summed E-state index contributed by atoms with van der Waals surface area (Å²) < 4.78 is 14.2. The van der Waals surface area contributed by atoms with Crippen LogP contribution in [0.4, 0.5) is 4.39 Å². The van der Waals surface area contributed by atoms with Crippen molar-refractivity contribution in [3.8, 4) is 11.3 Å². The minimum Gasteiger partial charge on any atom is -0.358 e. The average Bonchev–Trinajstić information content (AvgIpc) is 3.15. The molecule has 3 nitrogen and oxygen atoms in total. The van der Waals surface area contributed by atoms with Crippen LogP contribution in [0.15, 0.2) is 35.7 Å². The van der Waals surface area contributed by atoms with E-state index in [1.807, 2.05) is 4.90 Å². The van der Waals surface area contributed by atoms with E-state index in [1.165, 1.54) is 6.07 Å². The Morgan fingerprint density at radius 3 is 2.96 bits per heavy atom. The van der Waals surface area contributed by atoms with Crippen LogP contribution in [0.25, 0.3) is 11.3 Å². The van der Waals surface area contributed by atoms with E-state index >= 15 is 0 Å². The maximum Gasteiger partial charge on any atom is 0.256 e. The van der Waals surface area contributed by atoms with E-state index in [0.29, 0.717) is 33.6 Å². The van der Waals surface area contributed by atoms with E-state index < -0.39 is 5.82 Å². The molecule has 1 aromatic carbocycles. The molecule has 124 valence electrons. The lowest BCUT2D eigenvalue weighted by atomic mass is 10.0. The van der Waals surface area contributed by atoms with E-state index in [9.17, 15) is 9.18 Å². The van der Waals surface area contributed by atoms with Crippen LogP contribution in [0.5, 0.6) is 0 Å². The van der Waals surface area contributed by atoms with Gasteiger partial charge in [-0.15, -0.1) is 11.8 Å². The molecule has 0 radical (unpaired) electrons. The number of carbonyl (C=O) groups excluding carboxylic acids is 1. The summed E-state index contributed by atoms with van der Waals surface area (Å²) in [5, 5.41) is 2.75. The topological polar surface area (TPSA) is 36.1 Å². The molecule has 2 aromatic rings. The lowest BCUT2D eigenvalue weighted by Crippen LogP contribution is -2.46. The van der Waals surface area contributed by atoms with Gasteiger partial charge in [-0.25, -0.2) is 4.39 Å². The van der Waals surface area contributed by atoms with Gasteiger partial charge in [0.1, 0.15) is 5.82 Å². The molecule has 0 bridgehead atoms. The zero-order valence-corrected chi connectivity index (χ0v) is 14.6. The van der Waals surface area contributed by atoms with Gasteiger partial charge >= 0.3 is 0 Å². The maximum absolute atomic E-state index is 14.2. The first-order valence-corrected chi connectivity index (χ1v) is 9.17. The third-order valence-electron chi connectivity index (χ3n) is 4.64. The average molecular weight is 363 g/mol. The predicted molar refractivity (Wildman–Crippen MR) is 95.9 cm³/mol. The highest BCUT2D eigenvalue weighted by molar-refractivity contribution is 8.03.